The summed E-state index contributed by atoms with van der Waals surface area (Å²) in [5.74, 6) is -1.02. The van der Waals surface area contributed by atoms with E-state index in [-0.39, 0.29) is 42.3 Å². The molecule has 0 spiro atoms. The summed E-state index contributed by atoms with van der Waals surface area (Å²) in [5, 5.41) is 3.32. The van der Waals surface area contributed by atoms with E-state index in [4.69, 9.17) is 4.74 Å². The normalized spacial score (nSPS) is 21.4. The first-order valence-corrected chi connectivity index (χ1v) is 11.7. The first-order chi connectivity index (χ1) is 16.2. The van der Waals surface area contributed by atoms with Crippen molar-refractivity contribution < 1.29 is 31.9 Å². The molecule has 1 saturated carbocycles. The number of likely N-dealkylation sites (tertiary alicyclic amines) is 1. The highest BCUT2D eigenvalue weighted by atomic mass is 35.5. The van der Waals surface area contributed by atoms with Crippen LogP contribution < -0.4 is 15.0 Å². The van der Waals surface area contributed by atoms with Gasteiger partial charge in [0.2, 0.25) is 11.8 Å². The second-order valence-corrected chi connectivity index (χ2v) is 9.17. The van der Waals surface area contributed by atoms with E-state index < -0.39 is 18.6 Å². The molecule has 1 aliphatic carbocycles. The molecular weight excluding hydrogens is 492 g/mol. The number of anilines is 1. The summed E-state index contributed by atoms with van der Waals surface area (Å²) in [6, 6.07) is 4.00. The molecule has 2 saturated heterocycles. The number of carbonyl (C=O) groups excluding carboxylic acids is 2. The Morgan fingerprint density at radius 2 is 1.77 bits per heavy atom. The summed E-state index contributed by atoms with van der Waals surface area (Å²) in [6.07, 6.45) is -1.29. The third-order valence-electron chi connectivity index (χ3n) is 6.45. The van der Waals surface area contributed by atoms with Crippen LogP contribution in [0.3, 0.4) is 0 Å². The Balaban J connectivity index is 0.00000342. The molecule has 3 fully saturated rings. The van der Waals surface area contributed by atoms with Crippen molar-refractivity contribution >= 4 is 29.9 Å². The minimum atomic E-state index is -4.48. The highest BCUT2D eigenvalue weighted by Gasteiger charge is 2.38. The fraction of sp³-hybridized carbons (Fsp3) is 0.652. The van der Waals surface area contributed by atoms with Crippen LogP contribution in [0.25, 0.3) is 0 Å². The van der Waals surface area contributed by atoms with Crippen LogP contribution in [0.5, 0.6) is 5.75 Å². The van der Waals surface area contributed by atoms with Crippen molar-refractivity contribution in [2.75, 3.05) is 57.3 Å². The van der Waals surface area contributed by atoms with Gasteiger partial charge in [0, 0.05) is 57.8 Å². The summed E-state index contributed by atoms with van der Waals surface area (Å²) in [7, 11) is 0. The molecule has 12 heteroatoms. The van der Waals surface area contributed by atoms with E-state index in [1.54, 1.807) is 0 Å². The Kier molecular flexibility index (Phi) is 9.22. The molecular formula is C23H31ClF4N4O3. The van der Waals surface area contributed by atoms with Gasteiger partial charge in [-0.15, -0.1) is 12.4 Å². The van der Waals surface area contributed by atoms with Gasteiger partial charge >= 0.3 is 6.18 Å². The second-order valence-electron chi connectivity index (χ2n) is 9.17. The molecule has 2 aliphatic heterocycles. The maximum absolute atomic E-state index is 13.8. The first kappa shape index (κ1) is 27.5. The predicted molar refractivity (Wildman–Crippen MR) is 124 cm³/mol. The molecule has 1 aromatic rings. The van der Waals surface area contributed by atoms with E-state index in [9.17, 15) is 27.2 Å². The fourth-order valence-electron chi connectivity index (χ4n) is 4.43. The number of halogens is 5. The van der Waals surface area contributed by atoms with Crippen LogP contribution in [0.2, 0.25) is 0 Å². The molecule has 196 valence electrons. The number of imide groups is 1. The Bertz CT molecular complexity index is 892. The standard InChI is InChI=1S/C23H30F4N4O3.ClH/c24-17-2-5-20(34-15-23(25,26)27)19(13-17)30-10-8-29(9-11-30)6-1-7-31-21(32)12-16(22(31)33)14-28-18-3-4-18;/h2,5,13,16,18,28H,1,3-4,6-12,14-15H2;1H. The molecule has 1 N–H and O–H groups in total. The molecule has 1 aromatic carbocycles. The van der Waals surface area contributed by atoms with Gasteiger partial charge in [0.05, 0.1) is 11.6 Å². The molecule has 1 atom stereocenters. The molecule has 3 aliphatic rings. The Labute approximate surface area is 208 Å². The largest absolute Gasteiger partial charge is 0.482 e. The lowest BCUT2D eigenvalue weighted by molar-refractivity contribution is -0.153. The lowest BCUT2D eigenvalue weighted by atomic mass is 10.1. The zero-order valence-electron chi connectivity index (χ0n) is 19.4. The van der Waals surface area contributed by atoms with Crippen LogP contribution >= 0.6 is 12.4 Å². The van der Waals surface area contributed by atoms with E-state index >= 15 is 0 Å². The highest BCUT2D eigenvalue weighted by Crippen LogP contribution is 2.31. The van der Waals surface area contributed by atoms with Gasteiger partial charge in [0.25, 0.3) is 0 Å². The number of hydrogen-bond donors (Lipinski definition) is 1. The second kappa shape index (κ2) is 11.7. The van der Waals surface area contributed by atoms with Crippen molar-refractivity contribution in [1.82, 2.24) is 15.1 Å². The van der Waals surface area contributed by atoms with Crippen molar-refractivity contribution in [3.63, 3.8) is 0 Å². The number of hydrogen-bond acceptors (Lipinski definition) is 6. The van der Waals surface area contributed by atoms with E-state index in [2.05, 4.69) is 10.2 Å². The summed E-state index contributed by atoms with van der Waals surface area (Å²) >= 11 is 0. The topological polar surface area (TPSA) is 65.1 Å². The Morgan fingerprint density at radius 3 is 2.43 bits per heavy atom. The maximum atomic E-state index is 13.8. The van der Waals surface area contributed by atoms with E-state index in [1.165, 1.54) is 17.0 Å². The molecule has 7 nitrogen and oxygen atoms in total. The molecule has 0 aromatic heterocycles. The Morgan fingerprint density at radius 1 is 1.06 bits per heavy atom. The van der Waals surface area contributed by atoms with E-state index in [1.807, 2.05) is 4.90 Å². The summed E-state index contributed by atoms with van der Waals surface area (Å²) in [4.78, 5) is 30.1. The monoisotopic (exact) mass is 522 g/mol. The van der Waals surface area contributed by atoms with Gasteiger partial charge in [-0.3, -0.25) is 19.4 Å². The van der Waals surface area contributed by atoms with Gasteiger partial charge in [-0.1, -0.05) is 0 Å². The van der Waals surface area contributed by atoms with Gasteiger partial charge in [-0.2, -0.15) is 13.2 Å². The van der Waals surface area contributed by atoms with Crippen LogP contribution in [0.4, 0.5) is 23.2 Å². The average Bonchev–Trinajstić information content (AvgIpc) is 3.58. The number of nitrogens with zero attached hydrogens (tertiary/aromatic N) is 3. The van der Waals surface area contributed by atoms with Crippen molar-refractivity contribution in [2.24, 2.45) is 5.92 Å². The smallest absolute Gasteiger partial charge is 0.422 e. The lowest BCUT2D eigenvalue weighted by Gasteiger charge is -2.37. The highest BCUT2D eigenvalue weighted by molar-refractivity contribution is 6.03. The molecule has 0 bridgehead atoms. The SMILES string of the molecule is Cl.O=C1CC(CNC2CC2)C(=O)N1CCCN1CCN(c2cc(F)ccc2OCC(F)(F)F)CC1. The molecule has 4 rings (SSSR count). The number of ether oxygens (including phenoxy) is 1. The van der Waals surface area contributed by atoms with E-state index in [0.717, 1.165) is 18.9 Å². The molecule has 2 heterocycles. The molecule has 1 unspecified atom stereocenters. The van der Waals surface area contributed by atoms with Crippen LogP contribution in [0, 0.1) is 11.7 Å². The predicted octanol–water partition coefficient (Wildman–Crippen LogP) is 2.83. The van der Waals surface area contributed by atoms with Crippen molar-refractivity contribution in [2.45, 2.75) is 37.9 Å². The minimum Gasteiger partial charge on any atom is -0.482 e. The van der Waals surface area contributed by atoms with Gasteiger partial charge < -0.3 is 15.0 Å². The van der Waals surface area contributed by atoms with Crippen molar-refractivity contribution in [1.29, 1.82) is 0 Å². The van der Waals surface area contributed by atoms with Gasteiger partial charge in [-0.25, -0.2) is 4.39 Å². The van der Waals surface area contributed by atoms with Gasteiger partial charge in [0.15, 0.2) is 6.61 Å². The summed E-state index contributed by atoms with van der Waals surface area (Å²) in [5.41, 5.74) is 0.308. The minimum absolute atomic E-state index is 0. The number of nitrogens with one attached hydrogen (secondary N) is 1. The fourth-order valence-corrected chi connectivity index (χ4v) is 4.43. The average molecular weight is 523 g/mol. The number of amides is 2. The Hall–Kier alpha value is -2.11. The first-order valence-electron chi connectivity index (χ1n) is 11.7. The summed E-state index contributed by atoms with van der Waals surface area (Å²) < 4.78 is 56.3. The number of benzene rings is 1. The molecule has 0 radical (unpaired) electrons. The van der Waals surface area contributed by atoms with Crippen LogP contribution in [0.15, 0.2) is 18.2 Å². The van der Waals surface area contributed by atoms with Crippen LogP contribution in [0.1, 0.15) is 25.7 Å². The van der Waals surface area contributed by atoms with E-state index in [0.29, 0.717) is 64.0 Å². The number of carbonyl (C=O) groups is 2. The number of rotatable bonds is 10. The van der Waals surface area contributed by atoms with Crippen LogP contribution in [-0.4, -0.2) is 86.3 Å². The van der Waals surface area contributed by atoms with Crippen molar-refractivity contribution in [3.8, 4) is 5.75 Å². The van der Waals surface area contributed by atoms with Crippen molar-refractivity contribution in [3.05, 3.63) is 24.0 Å². The summed E-state index contributed by atoms with van der Waals surface area (Å²) in [6.45, 7) is 2.47. The third-order valence-corrected chi connectivity index (χ3v) is 6.45. The molecule has 2 amide bonds. The van der Waals surface area contributed by atoms with Crippen LogP contribution in [-0.2, 0) is 9.59 Å². The van der Waals surface area contributed by atoms with Gasteiger partial charge in [0.1, 0.15) is 11.6 Å². The quantitative estimate of drug-likeness (QED) is 0.377. The lowest BCUT2D eigenvalue weighted by Crippen LogP contribution is -2.47. The molecule has 35 heavy (non-hydrogen) atoms. The third kappa shape index (κ3) is 7.68. The number of alkyl halides is 3. The maximum Gasteiger partial charge on any atom is 0.422 e. The zero-order valence-corrected chi connectivity index (χ0v) is 20.2. The van der Waals surface area contributed by atoms with Gasteiger partial charge in [-0.05, 0) is 37.9 Å². The number of piperazine rings is 1. The zero-order chi connectivity index (χ0) is 24.3.